The fourth-order valence-corrected chi connectivity index (χ4v) is 2.46. The molecule has 1 N–H and O–H groups in total. The molecule has 1 aliphatic rings. The van der Waals surface area contributed by atoms with Gasteiger partial charge in [0.1, 0.15) is 0 Å². The van der Waals surface area contributed by atoms with Gasteiger partial charge in [-0.1, -0.05) is 24.3 Å². The minimum absolute atomic E-state index is 0.0185. The first-order valence-electron chi connectivity index (χ1n) is 7.79. The molecule has 0 spiro atoms. The Hall–Kier alpha value is -1.88. The number of fused-ring (bicyclic) bond motifs is 1. The predicted octanol–water partition coefficient (Wildman–Crippen LogP) is 1.03. The summed E-state index contributed by atoms with van der Waals surface area (Å²) in [6.07, 6.45) is 0.881. The summed E-state index contributed by atoms with van der Waals surface area (Å²) in [5.74, 6) is -0.128. The lowest BCUT2D eigenvalue weighted by atomic mass is 10.00. The first kappa shape index (κ1) is 16.5. The molecule has 1 heterocycles. The van der Waals surface area contributed by atoms with Gasteiger partial charge >= 0.3 is 0 Å². The van der Waals surface area contributed by atoms with Gasteiger partial charge in [0.15, 0.2) is 0 Å². The molecular weight excluding hydrogens is 278 g/mol. The van der Waals surface area contributed by atoms with Crippen molar-refractivity contribution in [2.24, 2.45) is 0 Å². The monoisotopic (exact) mass is 303 g/mol. The van der Waals surface area contributed by atoms with E-state index in [4.69, 9.17) is 0 Å². The number of nitrogens with zero attached hydrogens (tertiary/aromatic N) is 2. The number of carbonyl (C=O) groups excluding carboxylic acids is 2. The molecule has 0 radical (unpaired) electrons. The van der Waals surface area contributed by atoms with Gasteiger partial charge in [0.25, 0.3) is 0 Å². The van der Waals surface area contributed by atoms with Crippen LogP contribution in [0.4, 0.5) is 0 Å². The lowest BCUT2D eigenvalue weighted by Crippen LogP contribution is -2.45. The molecule has 0 bridgehead atoms. The lowest BCUT2D eigenvalue weighted by molar-refractivity contribution is -0.133. The van der Waals surface area contributed by atoms with Crippen molar-refractivity contribution in [3.05, 3.63) is 35.4 Å². The van der Waals surface area contributed by atoms with Crippen molar-refractivity contribution in [3.8, 4) is 0 Å². The molecule has 2 rings (SSSR count). The van der Waals surface area contributed by atoms with E-state index in [0.717, 1.165) is 13.0 Å². The highest BCUT2D eigenvalue weighted by Crippen LogP contribution is 2.18. The highest BCUT2D eigenvalue weighted by molar-refractivity contribution is 5.85. The van der Waals surface area contributed by atoms with E-state index < -0.39 is 0 Å². The van der Waals surface area contributed by atoms with Crippen LogP contribution in [-0.4, -0.2) is 54.3 Å². The minimum Gasteiger partial charge on any atom is -0.346 e. The maximum absolute atomic E-state index is 12.2. The van der Waals surface area contributed by atoms with Crippen LogP contribution in [0, 0.1) is 0 Å². The van der Waals surface area contributed by atoms with Crippen molar-refractivity contribution in [1.29, 1.82) is 0 Å². The van der Waals surface area contributed by atoms with Gasteiger partial charge in [-0.3, -0.25) is 14.5 Å². The summed E-state index contributed by atoms with van der Waals surface area (Å²) in [5.41, 5.74) is 2.52. The highest BCUT2D eigenvalue weighted by atomic mass is 16.2. The Balaban J connectivity index is 1.80. The first-order valence-corrected chi connectivity index (χ1v) is 7.79. The molecule has 2 amide bonds. The van der Waals surface area contributed by atoms with Gasteiger partial charge in [0.2, 0.25) is 11.8 Å². The Morgan fingerprint density at radius 3 is 2.64 bits per heavy atom. The summed E-state index contributed by atoms with van der Waals surface area (Å²) in [6, 6.07) is 8.50. The average molecular weight is 303 g/mol. The molecule has 5 heteroatoms. The third-order valence-corrected chi connectivity index (χ3v) is 4.19. The van der Waals surface area contributed by atoms with E-state index in [1.165, 1.54) is 11.1 Å². The van der Waals surface area contributed by atoms with Crippen molar-refractivity contribution in [3.63, 3.8) is 0 Å². The molecule has 0 atom stereocenters. The van der Waals surface area contributed by atoms with Crippen LogP contribution in [0.1, 0.15) is 25.0 Å². The quantitative estimate of drug-likeness (QED) is 0.884. The number of hydrogen-bond acceptors (Lipinski definition) is 3. The fourth-order valence-electron chi connectivity index (χ4n) is 2.46. The van der Waals surface area contributed by atoms with Crippen LogP contribution in [0.15, 0.2) is 24.3 Å². The Bertz CT molecular complexity index is 542. The Morgan fingerprint density at radius 2 is 1.95 bits per heavy atom. The second kappa shape index (κ2) is 7.40. The maximum Gasteiger partial charge on any atom is 0.242 e. The molecule has 0 aromatic heterocycles. The zero-order valence-electron chi connectivity index (χ0n) is 13.6. The van der Waals surface area contributed by atoms with Crippen LogP contribution in [0.3, 0.4) is 0 Å². The van der Waals surface area contributed by atoms with Gasteiger partial charge in [0.05, 0.1) is 13.1 Å². The fraction of sp³-hybridized carbons (Fsp3) is 0.529. The Morgan fingerprint density at radius 1 is 1.27 bits per heavy atom. The molecule has 0 saturated carbocycles. The number of likely N-dealkylation sites (N-methyl/N-ethyl adjacent to an activating group) is 1. The molecule has 22 heavy (non-hydrogen) atoms. The third-order valence-electron chi connectivity index (χ3n) is 4.19. The Labute approximate surface area is 132 Å². The van der Waals surface area contributed by atoms with Gasteiger partial charge < -0.3 is 10.2 Å². The zero-order chi connectivity index (χ0) is 16.1. The second-order valence-corrected chi connectivity index (χ2v) is 6.12. The van der Waals surface area contributed by atoms with Crippen LogP contribution in [0.25, 0.3) is 0 Å². The van der Waals surface area contributed by atoms with E-state index in [1.807, 2.05) is 42.8 Å². The molecule has 1 aromatic rings. The molecule has 120 valence electrons. The molecule has 0 aliphatic carbocycles. The van der Waals surface area contributed by atoms with E-state index in [9.17, 15) is 9.59 Å². The molecule has 0 unspecified atom stereocenters. The predicted molar refractivity (Wildman–Crippen MR) is 86.3 cm³/mol. The van der Waals surface area contributed by atoms with Crippen molar-refractivity contribution < 1.29 is 9.59 Å². The van der Waals surface area contributed by atoms with Crippen LogP contribution >= 0.6 is 0 Å². The number of amides is 2. The van der Waals surface area contributed by atoms with Gasteiger partial charge in [0, 0.05) is 19.1 Å². The van der Waals surface area contributed by atoms with Crippen LogP contribution in [-0.2, 0) is 22.6 Å². The summed E-state index contributed by atoms with van der Waals surface area (Å²) in [4.78, 5) is 27.8. The molecule has 5 nitrogen and oxygen atoms in total. The van der Waals surface area contributed by atoms with Crippen LogP contribution in [0.5, 0.6) is 0 Å². The van der Waals surface area contributed by atoms with Crippen LogP contribution < -0.4 is 5.32 Å². The number of carbonyl (C=O) groups is 2. The number of rotatable bonds is 5. The van der Waals surface area contributed by atoms with Crippen LogP contribution in [0.2, 0.25) is 0 Å². The topological polar surface area (TPSA) is 52.7 Å². The van der Waals surface area contributed by atoms with Crippen molar-refractivity contribution in [2.75, 3.05) is 26.7 Å². The molecule has 1 aliphatic heterocycles. The maximum atomic E-state index is 12.2. The molecule has 0 fully saturated rings. The second-order valence-electron chi connectivity index (χ2n) is 6.12. The largest absolute Gasteiger partial charge is 0.346 e. The molecule has 1 aromatic carbocycles. The normalized spacial score (nSPS) is 14.1. The average Bonchev–Trinajstić information content (AvgIpc) is 2.52. The molecule has 0 saturated heterocycles. The summed E-state index contributed by atoms with van der Waals surface area (Å²) < 4.78 is 0. The zero-order valence-corrected chi connectivity index (χ0v) is 13.6. The van der Waals surface area contributed by atoms with Gasteiger partial charge in [-0.05, 0) is 38.4 Å². The third kappa shape index (κ3) is 4.31. The summed E-state index contributed by atoms with van der Waals surface area (Å²) in [7, 11) is 1.90. The highest BCUT2D eigenvalue weighted by Gasteiger charge is 2.20. The van der Waals surface area contributed by atoms with E-state index in [0.29, 0.717) is 19.1 Å². The summed E-state index contributed by atoms with van der Waals surface area (Å²) in [5, 5.41) is 2.72. The van der Waals surface area contributed by atoms with E-state index in [2.05, 4.69) is 17.4 Å². The van der Waals surface area contributed by atoms with Crippen molar-refractivity contribution in [1.82, 2.24) is 15.1 Å². The summed E-state index contributed by atoms with van der Waals surface area (Å²) in [6.45, 7) is 5.81. The van der Waals surface area contributed by atoms with Gasteiger partial charge in [-0.2, -0.15) is 0 Å². The number of benzene rings is 1. The smallest absolute Gasteiger partial charge is 0.242 e. The minimum atomic E-state index is -0.109. The summed E-state index contributed by atoms with van der Waals surface area (Å²) >= 11 is 0. The SMILES string of the molecule is CC(C)N(C)CC(=O)NCC(=O)N1CCc2ccccc2C1. The van der Waals surface area contributed by atoms with Crippen molar-refractivity contribution >= 4 is 11.8 Å². The van der Waals surface area contributed by atoms with Gasteiger partial charge in [-0.15, -0.1) is 0 Å². The Kier molecular flexibility index (Phi) is 5.55. The van der Waals surface area contributed by atoms with Crippen molar-refractivity contribution in [2.45, 2.75) is 32.9 Å². The van der Waals surface area contributed by atoms with E-state index in [1.54, 1.807) is 0 Å². The van der Waals surface area contributed by atoms with Gasteiger partial charge in [-0.25, -0.2) is 0 Å². The van der Waals surface area contributed by atoms with E-state index >= 15 is 0 Å². The molecular formula is C17H25N3O2. The lowest BCUT2D eigenvalue weighted by Gasteiger charge is -2.29. The van der Waals surface area contributed by atoms with E-state index in [-0.39, 0.29) is 18.4 Å². The first-order chi connectivity index (χ1) is 10.5. The standard InChI is InChI=1S/C17H25N3O2/c1-13(2)19(3)12-16(21)18-10-17(22)20-9-8-14-6-4-5-7-15(14)11-20/h4-7,13H,8-12H2,1-3H3,(H,18,21). The number of nitrogens with one attached hydrogen (secondary N) is 1. The number of hydrogen-bond donors (Lipinski definition) is 1.